The van der Waals surface area contributed by atoms with Crippen LogP contribution in [0.5, 0.6) is 0 Å². The lowest BCUT2D eigenvalue weighted by Crippen LogP contribution is -2.37. The van der Waals surface area contributed by atoms with Crippen LogP contribution in [0.3, 0.4) is 0 Å². The van der Waals surface area contributed by atoms with Crippen molar-refractivity contribution >= 4 is 22.8 Å². The van der Waals surface area contributed by atoms with Gasteiger partial charge in [0.25, 0.3) is 5.56 Å². The lowest BCUT2D eigenvalue weighted by molar-refractivity contribution is -0.116. The molecule has 0 bridgehead atoms. The van der Waals surface area contributed by atoms with Crippen LogP contribution < -0.4 is 16.6 Å². The number of aromatic nitrogens is 4. The minimum Gasteiger partial charge on any atom is -0.326 e. The molecular weight excluding hydrogens is 346 g/mol. The van der Waals surface area contributed by atoms with Crippen LogP contribution in [0.4, 0.5) is 5.69 Å². The van der Waals surface area contributed by atoms with Crippen molar-refractivity contribution in [2.75, 3.05) is 5.32 Å². The number of rotatable bonds is 5. The topological polar surface area (TPSA) is 90.9 Å². The number of aryl methyl sites for hydroxylation is 4. The Morgan fingerprint density at radius 3 is 2.41 bits per heavy atom. The fourth-order valence-electron chi connectivity index (χ4n) is 3.25. The van der Waals surface area contributed by atoms with Gasteiger partial charge < -0.3 is 9.88 Å². The van der Waals surface area contributed by atoms with Gasteiger partial charge in [-0.15, -0.1) is 0 Å². The highest BCUT2D eigenvalue weighted by Crippen LogP contribution is 2.14. The summed E-state index contributed by atoms with van der Waals surface area (Å²) in [7, 11) is 3.03. The number of carbonyl (C=O) groups is 1. The molecular formula is C19H23N5O3. The second-order valence-electron chi connectivity index (χ2n) is 6.84. The highest BCUT2D eigenvalue weighted by atomic mass is 16.2. The number of nitrogens with zero attached hydrogens (tertiary/aromatic N) is 4. The summed E-state index contributed by atoms with van der Waals surface area (Å²) in [6.45, 7) is 4.44. The van der Waals surface area contributed by atoms with Gasteiger partial charge in [0.15, 0.2) is 11.2 Å². The minimum atomic E-state index is -0.412. The lowest BCUT2D eigenvalue weighted by atomic mass is 10.1. The van der Waals surface area contributed by atoms with Crippen molar-refractivity contribution in [2.45, 2.75) is 33.2 Å². The molecule has 1 N–H and O–H groups in total. The number of carbonyl (C=O) groups excluding carboxylic acids is 1. The molecule has 2 aromatic heterocycles. The molecule has 0 saturated carbocycles. The van der Waals surface area contributed by atoms with Crippen LogP contribution in [0.1, 0.15) is 24.0 Å². The molecule has 0 radical (unpaired) electrons. The predicted molar refractivity (Wildman–Crippen MR) is 104 cm³/mol. The Morgan fingerprint density at radius 1 is 1.07 bits per heavy atom. The largest absolute Gasteiger partial charge is 0.332 e. The van der Waals surface area contributed by atoms with Crippen LogP contribution in [0.25, 0.3) is 11.2 Å². The van der Waals surface area contributed by atoms with Gasteiger partial charge in [-0.25, -0.2) is 9.78 Å². The third-order valence-electron chi connectivity index (χ3n) is 4.53. The van der Waals surface area contributed by atoms with Gasteiger partial charge >= 0.3 is 5.69 Å². The molecule has 142 valence electrons. The van der Waals surface area contributed by atoms with E-state index in [-0.39, 0.29) is 11.5 Å². The zero-order valence-electron chi connectivity index (χ0n) is 15.9. The summed E-state index contributed by atoms with van der Waals surface area (Å²) in [6, 6.07) is 5.91. The summed E-state index contributed by atoms with van der Waals surface area (Å²) in [4.78, 5) is 40.7. The highest BCUT2D eigenvalue weighted by Gasteiger charge is 2.14. The third kappa shape index (κ3) is 3.69. The van der Waals surface area contributed by atoms with E-state index in [4.69, 9.17) is 0 Å². The Bertz CT molecular complexity index is 1120. The molecule has 1 amide bonds. The van der Waals surface area contributed by atoms with Crippen LogP contribution in [0, 0.1) is 13.8 Å². The molecule has 0 saturated heterocycles. The number of benzene rings is 1. The average molecular weight is 369 g/mol. The highest BCUT2D eigenvalue weighted by molar-refractivity contribution is 5.90. The molecule has 0 unspecified atom stereocenters. The van der Waals surface area contributed by atoms with Crippen LogP contribution in [-0.4, -0.2) is 24.6 Å². The van der Waals surface area contributed by atoms with Crippen molar-refractivity contribution in [1.82, 2.24) is 18.7 Å². The second kappa shape index (κ2) is 7.22. The van der Waals surface area contributed by atoms with Crippen molar-refractivity contribution in [1.29, 1.82) is 0 Å². The van der Waals surface area contributed by atoms with E-state index in [0.29, 0.717) is 30.6 Å². The Hall–Kier alpha value is -3.16. The molecule has 0 aliphatic rings. The normalized spacial score (nSPS) is 11.1. The summed E-state index contributed by atoms with van der Waals surface area (Å²) in [5.74, 6) is -0.0790. The Morgan fingerprint density at radius 2 is 1.74 bits per heavy atom. The standard InChI is InChI=1S/C19H23N5O3/c1-12-8-13(2)10-14(9-12)21-15(25)6-5-7-24-11-20-17-16(24)18(26)23(4)19(27)22(17)3/h8-11H,5-7H2,1-4H3,(H,21,25). The first-order chi connectivity index (χ1) is 12.8. The lowest BCUT2D eigenvalue weighted by Gasteiger charge is -2.09. The van der Waals surface area contributed by atoms with Crippen LogP contribution >= 0.6 is 0 Å². The van der Waals surface area contributed by atoms with Gasteiger partial charge in [0.2, 0.25) is 5.91 Å². The summed E-state index contributed by atoms with van der Waals surface area (Å²) in [6.07, 6.45) is 2.40. The Balaban J connectivity index is 1.70. The summed E-state index contributed by atoms with van der Waals surface area (Å²) < 4.78 is 4.11. The molecule has 8 heteroatoms. The smallest absolute Gasteiger partial charge is 0.326 e. The van der Waals surface area contributed by atoms with Crippen molar-refractivity contribution < 1.29 is 4.79 Å². The number of imidazole rings is 1. The van der Waals surface area contributed by atoms with Crippen LogP contribution in [0.15, 0.2) is 34.1 Å². The van der Waals surface area contributed by atoms with Crippen LogP contribution in [0.2, 0.25) is 0 Å². The summed E-state index contributed by atoms with van der Waals surface area (Å²) in [5.41, 5.74) is 2.90. The summed E-state index contributed by atoms with van der Waals surface area (Å²) >= 11 is 0. The van der Waals surface area contributed by atoms with Gasteiger partial charge in [-0.05, 0) is 43.5 Å². The molecule has 8 nitrogen and oxygen atoms in total. The Labute approximate surface area is 156 Å². The van der Waals surface area contributed by atoms with E-state index in [0.717, 1.165) is 21.4 Å². The van der Waals surface area contributed by atoms with E-state index in [9.17, 15) is 14.4 Å². The molecule has 0 aliphatic heterocycles. The van der Waals surface area contributed by atoms with Gasteiger partial charge in [-0.1, -0.05) is 6.07 Å². The molecule has 2 heterocycles. The maximum Gasteiger partial charge on any atom is 0.332 e. The average Bonchev–Trinajstić information content (AvgIpc) is 3.01. The number of nitrogens with one attached hydrogen (secondary N) is 1. The third-order valence-corrected chi connectivity index (χ3v) is 4.53. The molecule has 0 fully saturated rings. The van der Waals surface area contributed by atoms with E-state index in [2.05, 4.69) is 10.3 Å². The van der Waals surface area contributed by atoms with Crippen molar-refractivity contribution in [2.24, 2.45) is 14.1 Å². The van der Waals surface area contributed by atoms with E-state index in [1.165, 1.54) is 17.9 Å². The zero-order chi connectivity index (χ0) is 19.7. The number of amides is 1. The van der Waals surface area contributed by atoms with E-state index in [1.54, 1.807) is 11.6 Å². The van der Waals surface area contributed by atoms with E-state index >= 15 is 0 Å². The quantitative estimate of drug-likeness (QED) is 0.737. The minimum absolute atomic E-state index is 0.0790. The predicted octanol–water partition coefficient (Wildman–Crippen LogP) is 1.47. The first-order valence-electron chi connectivity index (χ1n) is 8.77. The number of fused-ring (bicyclic) bond motifs is 1. The molecule has 0 spiro atoms. The molecule has 0 atom stereocenters. The second-order valence-corrected chi connectivity index (χ2v) is 6.84. The number of hydrogen-bond donors (Lipinski definition) is 1. The van der Waals surface area contributed by atoms with Gasteiger partial charge in [0.1, 0.15) is 0 Å². The van der Waals surface area contributed by atoms with Crippen molar-refractivity contribution in [3.63, 3.8) is 0 Å². The van der Waals surface area contributed by atoms with Crippen molar-refractivity contribution in [3.8, 4) is 0 Å². The van der Waals surface area contributed by atoms with E-state index in [1.807, 2.05) is 32.0 Å². The van der Waals surface area contributed by atoms with Gasteiger partial charge in [-0.3, -0.25) is 18.7 Å². The summed E-state index contributed by atoms with van der Waals surface area (Å²) in [5, 5.41) is 2.90. The molecule has 3 aromatic rings. The van der Waals surface area contributed by atoms with Crippen molar-refractivity contribution in [3.05, 3.63) is 56.5 Å². The van der Waals surface area contributed by atoms with Crippen LogP contribution in [-0.2, 0) is 25.4 Å². The monoisotopic (exact) mass is 369 g/mol. The maximum atomic E-state index is 12.4. The fourth-order valence-corrected chi connectivity index (χ4v) is 3.25. The molecule has 27 heavy (non-hydrogen) atoms. The SMILES string of the molecule is Cc1cc(C)cc(NC(=O)CCCn2cnc3c2c(=O)n(C)c(=O)n3C)c1. The molecule has 0 aliphatic carbocycles. The first-order valence-corrected chi connectivity index (χ1v) is 8.77. The fraction of sp³-hybridized carbons (Fsp3) is 0.368. The zero-order valence-corrected chi connectivity index (χ0v) is 15.9. The van der Waals surface area contributed by atoms with E-state index < -0.39 is 5.69 Å². The molecule has 3 rings (SSSR count). The first kappa shape index (κ1) is 18.6. The van der Waals surface area contributed by atoms with Gasteiger partial charge in [0.05, 0.1) is 6.33 Å². The number of hydrogen-bond acceptors (Lipinski definition) is 4. The maximum absolute atomic E-state index is 12.4. The Kier molecular flexibility index (Phi) is 4.98. The number of anilines is 1. The molecule has 1 aromatic carbocycles. The van der Waals surface area contributed by atoms with Gasteiger partial charge in [-0.2, -0.15) is 0 Å². The van der Waals surface area contributed by atoms with Gasteiger partial charge in [0, 0.05) is 32.7 Å².